The molecule has 0 atom stereocenters. The van der Waals surface area contributed by atoms with Crippen LogP contribution in [0.1, 0.15) is 0 Å². The molecule has 2 aromatic rings. The lowest BCUT2D eigenvalue weighted by molar-refractivity contribution is 1.39. The van der Waals surface area contributed by atoms with Gasteiger partial charge in [-0.15, -0.1) is 0 Å². The van der Waals surface area contributed by atoms with Crippen molar-refractivity contribution in [2.24, 2.45) is 0 Å². The van der Waals surface area contributed by atoms with E-state index in [0.717, 1.165) is 19.5 Å². The Balaban J connectivity index is 2.87. The quantitative estimate of drug-likeness (QED) is 0.664. The highest BCUT2D eigenvalue weighted by atomic mass is 127. The molecule has 0 radical (unpaired) electrons. The second-order valence-corrected chi connectivity index (χ2v) is 4.56. The molecule has 0 aliphatic carbocycles. The Kier molecular flexibility index (Phi) is 2.62. The molecular formula is C9H4Cl2IN. The van der Waals surface area contributed by atoms with Gasteiger partial charge in [-0.25, -0.2) is 0 Å². The van der Waals surface area contributed by atoms with Gasteiger partial charge in [0.1, 0.15) is 0 Å². The summed E-state index contributed by atoms with van der Waals surface area (Å²) in [5.74, 6) is 0. The van der Waals surface area contributed by atoms with E-state index in [4.69, 9.17) is 23.2 Å². The van der Waals surface area contributed by atoms with Crippen LogP contribution < -0.4 is 0 Å². The molecule has 0 aliphatic heterocycles. The Hall–Kier alpha value is -0.0600. The van der Waals surface area contributed by atoms with Crippen molar-refractivity contribution in [1.82, 2.24) is 4.98 Å². The van der Waals surface area contributed by atoms with Crippen LogP contribution in [0, 0.1) is 3.57 Å². The van der Waals surface area contributed by atoms with E-state index in [0.29, 0.717) is 5.02 Å². The number of benzene rings is 1. The number of hydrogen-bond donors (Lipinski definition) is 0. The van der Waals surface area contributed by atoms with Gasteiger partial charge in [0.25, 0.3) is 0 Å². The van der Waals surface area contributed by atoms with Gasteiger partial charge in [0.05, 0.1) is 14.1 Å². The van der Waals surface area contributed by atoms with Crippen LogP contribution in [0.2, 0.25) is 10.0 Å². The van der Waals surface area contributed by atoms with Crippen molar-refractivity contribution in [2.45, 2.75) is 0 Å². The molecule has 2 rings (SSSR count). The highest BCUT2D eigenvalue weighted by molar-refractivity contribution is 14.1. The van der Waals surface area contributed by atoms with Gasteiger partial charge in [-0.05, 0) is 40.8 Å². The van der Waals surface area contributed by atoms with Gasteiger partial charge in [0.15, 0.2) is 0 Å². The minimum Gasteiger partial charge on any atom is -0.255 e. The van der Waals surface area contributed by atoms with Gasteiger partial charge < -0.3 is 0 Å². The van der Waals surface area contributed by atoms with Crippen LogP contribution in [-0.4, -0.2) is 4.98 Å². The zero-order valence-corrected chi connectivity index (χ0v) is 10.1. The van der Waals surface area contributed by atoms with E-state index in [1.807, 2.05) is 12.1 Å². The van der Waals surface area contributed by atoms with Crippen molar-refractivity contribution in [1.29, 1.82) is 0 Å². The van der Waals surface area contributed by atoms with Crippen LogP contribution >= 0.6 is 45.8 Å². The smallest absolute Gasteiger partial charge is 0.0732 e. The monoisotopic (exact) mass is 323 g/mol. The minimum atomic E-state index is 0.678. The molecule has 0 bridgehead atoms. The van der Waals surface area contributed by atoms with Crippen LogP contribution in [0.3, 0.4) is 0 Å². The largest absolute Gasteiger partial charge is 0.255 e. The fourth-order valence-electron chi connectivity index (χ4n) is 1.11. The average molecular weight is 324 g/mol. The van der Waals surface area contributed by atoms with E-state index in [1.165, 1.54) is 0 Å². The zero-order chi connectivity index (χ0) is 9.42. The van der Waals surface area contributed by atoms with Gasteiger partial charge in [-0.1, -0.05) is 23.2 Å². The Morgan fingerprint density at radius 3 is 2.77 bits per heavy atom. The first-order valence-electron chi connectivity index (χ1n) is 3.58. The summed E-state index contributed by atoms with van der Waals surface area (Å²) in [7, 11) is 0. The molecule has 0 saturated carbocycles. The number of aromatic nitrogens is 1. The second-order valence-electron chi connectivity index (χ2n) is 2.58. The number of hydrogen-bond acceptors (Lipinski definition) is 1. The third kappa shape index (κ3) is 1.75. The van der Waals surface area contributed by atoms with Gasteiger partial charge in [-0.3, -0.25) is 4.98 Å². The number of pyridine rings is 1. The SMILES string of the molecule is Clc1ccc2c(Cl)c(I)cnc2c1. The van der Waals surface area contributed by atoms with Crippen molar-refractivity contribution in [3.63, 3.8) is 0 Å². The molecule has 0 N–H and O–H groups in total. The Morgan fingerprint density at radius 2 is 2.00 bits per heavy atom. The van der Waals surface area contributed by atoms with E-state index in [9.17, 15) is 0 Å². The fourth-order valence-corrected chi connectivity index (χ4v) is 1.91. The van der Waals surface area contributed by atoms with Crippen LogP contribution in [-0.2, 0) is 0 Å². The zero-order valence-electron chi connectivity index (χ0n) is 6.39. The molecule has 13 heavy (non-hydrogen) atoms. The van der Waals surface area contributed by atoms with Gasteiger partial charge in [-0.2, -0.15) is 0 Å². The Bertz CT molecular complexity index is 470. The summed E-state index contributed by atoms with van der Waals surface area (Å²) in [5.41, 5.74) is 0.831. The van der Waals surface area contributed by atoms with E-state index in [2.05, 4.69) is 27.6 Å². The highest BCUT2D eigenvalue weighted by Crippen LogP contribution is 2.28. The molecule has 0 unspecified atom stereocenters. The predicted octanol–water partition coefficient (Wildman–Crippen LogP) is 4.15. The molecule has 0 saturated heterocycles. The lowest BCUT2D eigenvalue weighted by Crippen LogP contribution is -1.83. The molecule has 0 spiro atoms. The maximum Gasteiger partial charge on any atom is 0.0732 e. The minimum absolute atomic E-state index is 0.678. The number of fused-ring (bicyclic) bond motifs is 1. The van der Waals surface area contributed by atoms with Crippen molar-refractivity contribution in [3.8, 4) is 0 Å². The van der Waals surface area contributed by atoms with E-state index in [-0.39, 0.29) is 0 Å². The van der Waals surface area contributed by atoms with Gasteiger partial charge in [0, 0.05) is 16.6 Å². The fraction of sp³-hybridized carbons (Fsp3) is 0. The molecule has 4 heteroatoms. The summed E-state index contributed by atoms with van der Waals surface area (Å²) in [5, 5.41) is 2.36. The Morgan fingerprint density at radius 1 is 1.23 bits per heavy atom. The molecule has 1 aromatic carbocycles. The molecule has 1 aromatic heterocycles. The van der Waals surface area contributed by atoms with Crippen LogP contribution in [0.25, 0.3) is 10.9 Å². The molecular weight excluding hydrogens is 320 g/mol. The highest BCUT2D eigenvalue weighted by Gasteiger charge is 2.04. The van der Waals surface area contributed by atoms with Crippen molar-refractivity contribution in [2.75, 3.05) is 0 Å². The summed E-state index contributed by atoms with van der Waals surface area (Å²) in [6.07, 6.45) is 1.74. The maximum absolute atomic E-state index is 6.09. The molecule has 0 amide bonds. The average Bonchev–Trinajstić information content (AvgIpc) is 2.12. The van der Waals surface area contributed by atoms with Crippen LogP contribution in [0.15, 0.2) is 24.4 Å². The third-order valence-electron chi connectivity index (χ3n) is 1.72. The Labute approximate surface area is 99.2 Å². The standard InChI is InChI=1S/C9H4Cl2IN/c10-5-1-2-6-8(3-5)13-4-7(12)9(6)11/h1-4H. The second kappa shape index (κ2) is 3.59. The summed E-state index contributed by atoms with van der Waals surface area (Å²) < 4.78 is 0.953. The topological polar surface area (TPSA) is 12.9 Å². The number of halogens is 3. The summed E-state index contributed by atoms with van der Waals surface area (Å²) in [6, 6.07) is 5.50. The van der Waals surface area contributed by atoms with Crippen molar-refractivity contribution in [3.05, 3.63) is 38.0 Å². The van der Waals surface area contributed by atoms with Crippen LogP contribution in [0.4, 0.5) is 0 Å². The predicted molar refractivity (Wildman–Crippen MR) is 64.5 cm³/mol. The number of nitrogens with zero attached hydrogens (tertiary/aromatic N) is 1. The van der Waals surface area contributed by atoms with E-state index >= 15 is 0 Å². The summed E-state index contributed by atoms with van der Waals surface area (Å²) in [6.45, 7) is 0. The normalized spacial score (nSPS) is 10.7. The van der Waals surface area contributed by atoms with Gasteiger partial charge in [0.2, 0.25) is 0 Å². The molecule has 1 heterocycles. The van der Waals surface area contributed by atoms with Gasteiger partial charge >= 0.3 is 0 Å². The van der Waals surface area contributed by atoms with Crippen LogP contribution in [0.5, 0.6) is 0 Å². The first kappa shape index (κ1) is 9.49. The molecule has 0 aliphatic rings. The molecule has 0 fully saturated rings. The summed E-state index contributed by atoms with van der Waals surface area (Å²) in [4.78, 5) is 4.23. The first-order valence-corrected chi connectivity index (χ1v) is 5.41. The maximum atomic E-state index is 6.09. The molecule has 66 valence electrons. The molecule has 1 nitrogen and oxygen atoms in total. The van der Waals surface area contributed by atoms with E-state index in [1.54, 1.807) is 12.3 Å². The first-order chi connectivity index (χ1) is 6.18. The summed E-state index contributed by atoms with van der Waals surface area (Å²) >= 11 is 14.1. The van der Waals surface area contributed by atoms with Crippen molar-refractivity contribution >= 4 is 56.7 Å². The third-order valence-corrected chi connectivity index (χ3v) is 3.50. The lowest BCUT2D eigenvalue weighted by Gasteiger charge is -2.01. The van der Waals surface area contributed by atoms with Crippen molar-refractivity contribution < 1.29 is 0 Å². The van der Waals surface area contributed by atoms with E-state index < -0.39 is 0 Å². The lowest BCUT2D eigenvalue weighted by atomic mass is 10.2. The number of rotatable bonds is 0.